The number of anilines is 1. The second kappa shape index (κ2) is 9.15. The number of carboxylic acid groups (broad SMARTS) is 1. The molecular weight excluding hydrogens is 426 g/mol. The predicted octanol–water partition coefficient (Wildman–Crippen LogP) is 3.97. The first-order valence-corrected chi connectivity index (χ1v) is 10.5. The van der Waals surface area contributed by atoms with Crippen LogP contribution >= 0.6 is 0 Å². The molecule has 4 rings (SSSR count). The number of aromatic nitrogens is 1. The fourth-order valence-corrected chi connectivity index (χ4v) is 4.04. The number of rotatable bonds is 7. The number of carboxylic acids is 1. The van der Waals surface area contributed by atoms with Crippen molar-refractivity contribution >= 4 is 23.9 Å². The number of carbonyl (C=O) groups is 3. The van der Waals surface area contributed by atoms with E-state index < -0.39 is 24.0 Å². The summed E-state index contributed by atoms with van der Waals surface area (Å²) in [6.45, 7) is 3.36. The molecule has 1 aliphatic carbocycles. The van der Waals surface area contributed by atoms with Crippen LogP contribution in [0.5, 0.6) is 0 Å². The Morgan fingerprint density at radius 1 is 1.12 bits per heavy atom. The van der Waals surface area contributed by atoms with E-state index in [0.29, 0.717) is 0 Å². The molecule has 1 aliphatic rings. The van der Waals surface area contributed by atoms with Gasteiger partial charge in [0, 0.05) is 18.5 Å². The fraction of sp³-hybridized carbons (Fsp3) is 0.250. The molecule has 170 valence electrons. The molecule has 1 aromatic heterocycles. The van der Waals surface area contributed by atoms with Gasteiger partial charge in [-0.3, -0.25) is 10.1 Å². The van der Waals surface area contributed by atoms with E-state index in [4.69, 9.17) is 14.4 Å². The summed E-state index contributed by atoms with van der Waals surface area (Å²) in [5.74, 6) is -1.91. The smallest absolute Gasteiger partial charge is 0.414 e. The molecule has 2 N–H and O–H groups in total. The Labute approximate surface area is 189 Å². The number of hydrogen-bond acceptors (Lipinski definition) is 6. The highest BCUT2D eigenvalue weighted by atomic mass is 16.6. The predicted molar refractivity (Wildman–Crippen MR) is 119 cm³/mol. The summed E-state index contributed by atoms with van der Waals surface area (Å²) >= 11 is 0. The van der Waals surface area contributed by atoms with Gasteiger partial charge in [-0.1, -0.05) is 53.7 Å². The number of nitrogens with one attached hydrogen (secondary N) is 1. The van der Waals surface area contributed by atoms with Crippen molar-refractivity contribution in [3.8, 4) is 11.1 Å². The standard InChI is InChI=1S/C24H23N3O6/c1-3-27(14(2)23(29)30)22(28)20-12-21(33-26-20)25-24(31)32-13-19-17-10-6-4-8-15(17)16-9-5-7-11-18(16)19/h4-12,14,19H,3,13H2,1-2H3,(H,25,31)(H,29,30). The maximum Gasteiger partial charge on any atom is 0.414 e. The van der Waals surface area contributed by atoms with Crippen LogP contribution in [0.15, 0.2) is 59.1 Å². The lowest BCUT2D eigenvalue weighted by atomic mass is 9.98. The van der Waals surface area contributed by atoms with Crippen LogP contribution < -0.4 is 5.32 Å². The zero-order valence-electron chi connectivity index (χ0n) is 18.1. The Balaban J connectivity index is 1.40. The van der Waals surface area contributed by atoms with Crippen molar-refractivity contribution in [1.82, 2.24) is 10.1 Å². The first-order valence-electron chi connectivity index (χ1n) is 10.5. The largest absolute Gasteiger partial charge is 0.480 e. The number of carbonyl (C=O) groups excluding carboxylic acids is 2. The highest BCUT2D eigenvalue weighted by Gasteiger charge is 2.30. The summed E-state index contributed by atoms with van der Waals surface area (Å²) in [6.07, 6.45) is -0.752. The Bertz CT molecular complexity index is 1160. The third kappa shape index (κ3) is 4.30. The highest BCUT2D eigenvalue weighted by Crippen LogP contribution is 2.44. The second-order valence-electron chi connectivity index (χ2n) is 7.63. The number of hydrogen-bond donors (Lipinski definition) is 2. The molecule has 3 aromatic rings. The van der Waals surface area contributed by atoms with Gasteiger partial charge in [0.05, 0.1) is 0 Å². The van der Waals surface area contributed by atoms with E-state index in [9.17, 15) is 14.4 Å². The summed E-state index contributed by atoms with van der Waals surface area (Å²) in [6, 6.07) is 16.2. The first kappa shape index (κ1) is 22.1. The minimum absolute atomic E-state index is 0.0744. The number of ether oxygens (including phenoxy) is 1. The summed E-state index contributed by atoms with van der Waals surface area (Å²) in [5.41, 5.74) is 4.31. The van der Waals surface area contributed by atoms with Crippen molar-refractivity contribution in [2.75, 3.05) is 18.5 Å². The van der Waals surface area contributed by atoms with Crippen molar-refractivity contribution in [2.45, 2.75) is 25.8 Å². The molecule has 1 unspecified atom stereocenters. The summed E-state index contributed by atoms with van der Waals surface area (Å²) < 4.78 is 10.5. The van der Waals surface area contributed by atoms with Crippen LogP contribution in [0.25, 0.3) is 11.1 Å². The monoisotopic (exact) mass is 449 g/mol. The maximum atomic E-state index is 12.6. The highest BCUT2D eigenvalue weighted by molar-refractivity contribution is 5.96. The lowest BCUT2D eigenvalue weighted by molar-refractivity contribution is -0.141. The van der Waals surface area contributed by atoms with Crippen molar-refractivity contribution < 1.29 is 28.8 Å². The van der Waals surface area contributed by atoms with Gasteiger partial charge >= 0.3 is 12.1 Å². The third-order valence-corrected chi connectivity index (χ3v) is 5.72. The molecule has 0 fully saturated rings. The minimum atomic E-state index is -1.13. The van der Waals surface area contributed by atoms with E-state index in [1.54, 1.807) is 6.92 Å². The first-order chi connectivity index (χ1) is 15.9. The Morgan fingerprint density at radius 3 is 2.30 bits per heavy atom. The van der Waals surface area contributed by atoms with E-state index in [-0.39, 0.29) is 30.6 Å². The molecule has 0 bridgehead atoms. The van der Waals surface area contributed by atoms with Crippen LogP contribution in [-0.4, -0.2) is 52.3 Å². The number of aliphatic carboxylic acids is 1. The van der Waals surface area contributed by atoms with Gasteiger partial charge in [0.2, 0.25) is 5.88 Å². The number of fused-ring (bicyclic) bond motifs is 3. The quantitative estimate of drug-likeness (QED) is 0.560. The number of likely N-dealkylation sites (N-methyl/N-ethyl adjacent to an activating group) is 1. The minimum Gasteiger partial charge on any atom is -0.480 e. The molecular formula is C24H23N3O6. The van der Waals surface area contributed by atoms with Crippen LogP contribution in [-0.2, 0) is 9.53 Å². The summed E-state index contributed by atoms with van der Waals surface area (Å²) in [5, 5.41) is 15.2. The fourth-order valence-electron chi connectivity index (χ4n) is 4.04. The van der Waals surface area contributed by atoms with E-state index in [0.717, 1.165) is 27.2 Å². The zero-order valence-corrected chi connectivity index (χ0v) is 18.1. The van der Waals surface area contributed by atoms with Gasteiger partial charge in [-0.25, -0.2) is 9.59 Å². The van der Waals surface area contributed by atoms with Crippen LogP contribution in [0.1, 0.15) is 41.4 Å². The molecule has 33 heavy (non-hydrogen) atoms. The molecule has 9 heteroatoms. The molecule has 0 aliphatic heterocycles. The number of benzene rings is 2. The van der Waals surface area contributed by atoms with Crippen LogP contribution in [0.4, 0.5) is 10.7 Å². The Hall–Kier alpha value is -4.14. The van der Waals surface area contributed by atoms with Gasteiger partial charge < -0.3 is 19.3 Å². The Morgan fingerprint density at radius 2 is 1.73 bits per heavy atom. The summed E-state index contributed by atoms with van der Waals surface area (Å²) in [7, 11) is 0. The average molecular weight is 449 g/mol. The van der Waals surface area contributed by atoms with E-state index >= 15 is 0 Å². The lowest BCUT2D eigenvalue weighted by Crippen LogP contribution is -2.43. The van der Waals surface area contributed by atoms with Gasteiger partial charge in [-0.15, -0.1) is 0 Å². The molecule has 0 saturated carbocycles. The van der Waals surface area contributed by atoms with Crippen molar-refractivity contribution in [2.24, 2.45) is 0 Å². The molecule has 1 atom stereocenters. The van der Waals surface area contributed by atoms with Gasteiger partial charge in [0.1, 0.15) is 12.6 Å². The molecule has 1 heterocycles. The average Bonchev–Trinajstić information content (AvgIpc) is 3.40. The van der Waals surface area contributed by atoms with E-state index in [1.165, 1.54) is 13.0 Å². The van der Waals surface area contributed by atoms with Crippen molar-refractivity contribution in [3.05, 3.63) is 71.4 Å². The zero-order chi connectivity index (χ0) is 23.5. The van der Waals surface area contributed by atoms with Crippen LogP contribution in [0, 0.1) is 0 Å². The van der Waals surface area contributed by atoms with Gasteiger partial charge in [-0.2, -0.15) is 0 Å². The van der Waals surface area contributed by atoms with Crippen molar-refractivity contribution in [3.63, 3.8) is 0 Å². The van der Waals surface area contributed by atoms with E-state index in [1.807, 2.05) is 48.5 Å². The van der Waals surface area contributed by atoms with Crippen molar-refractivity contribution in [1.29, 1.82) is 0 Å². The SMILES string of the molecule is CCN(C(=O)c1cc(NC(=O)OCC2c3ccccc3-c3ccccc32)on1)C(C)C(=O)O. The van der Waals surface area contributed by atoms with Gasteiger partial charge in [0.25, 0.3) is 5.91 Å². The molecule has 9 nitrogen and oxygen atoms in total. The maximum absolute atomic E-state index is 12.6. The molecule has 2 aromatic carbocycles. The van der Waals surface area contributed by atoms with Gasteiger partial charge in [-0.05, 0) is 36.1 Å². The van der Waals surface area contributed by atoms with E-state index in [2.05, 4.69) is 10.5 Å². The van der Waals surface area contributed by atoms with Gasteiger partial charge in [0.15, 0.2) is 5.69 Å². The molecule has 0 spiro atoms. The molecule has 2 amide bonds. The number of amides is 2. The lowest BCUT2D eigenvalue weighted by Gasteiger charge is -2.23. The normalized spacial score (nSPS) is 13.0. The summed E-state index contributed by atoms with van der Waals surface area (Å²) in [4.78, 5) is 37.3. The number of nitrogens with zero attached hydrogens (tertiary/aromatic N) is 2. The van der Waals surface area contributed by atoms with Crippen LogP contribution in [0.2, 0.25) is 0 Å². The second-order valence-corrected chi connectivity index (χ2v) is 7.63. The Kier molecular flexibility index (Phi) is 6.12. The topological polar surface area (TPSA) is 122 Å². The van der Waals surface area contributed by atoms with Crippen LogP contribution in [0.3, 0.4) is 0 Å². The molecule has 0 saturated heterocycles. The third-order valence-electron chi connectivity index (χ3n) is 5.72. The molecule has 0 radical (unpaired) electrons.